The molecule has 3 rings (SSSR count). The maximum atomic E-state index is 12.2. The average Bonchev–Trinajstić information content (AvgIpc) is 3.10. The molecule has 2 aromatic carbocycles. The maximum absolute atomic E-state index is 12.2. The molecule has 0 aliphatic heterocycles. The highest BCUT2D eigenvalue weighted by atomic mass is 32.2. The summed E-state index contributed by atoms with van der Waals surface area (Å²) < 4.78 is 24.3. The average molecular weight is 345 g/mol. The van der Waals surface area contributed by atoms with E-state index >= 15 is 0 Å². The van der Waals surface area contributed by atoms with Crippen LogP contribution in [0, 0.1) is 0 Å². The first-order valence-electron chi connectivity index (χ1n) is 8.50. The lowest BCUT2D eigenvalue weighted by Gasteiger charge is -2.11. The molecule has 0 atom stereocenters. The predicted molar refractivity (Wildman–Crippen MR) is 96.7 cm³/mol. The Balaban J connectivity index is 1.50. The van der Waals surface area contributed by atoms with E-state index in [0.29, 0.717) is 25.8 Å². The molecule has 2 aromatic rings. The second kappa shape index (κ2) is 7.34. The van der Waals surface area contributed by atoms with Crippen molar-refractivity contribution in [1.82, 2.24) is 5.32 Å². The summed E-state index contributed by atoms with van der Waals surface area (Å²) in [6, 6.07) is 14.4. The molecule has 0 radical (unpaired) electrons. The van der Waals surface area contributed by atoms with Crippen molar-refractivity contribution in [3.63, 3.8) is 0 Å². The molecule has 1 amide bonds. The van der Waals surface area contributed by atoms with Crippen LogP contribution in [0.5, 0.6) is 0 Å². The number of nitrogens with one attached hydrogen (secondary N) is 1. The normalized spacial score (nSPS) is 15.7. The zero-order valence-electron chi connectivity index (χ0n) is 13.7. The number of fused-ring (bicyclic) bond motifs is 1. The SMILES string of the molecule is O=C(CS(=O)(=O)C1CCCC1)NCCc1ccc2ccccc2c1. The molecule has 5 heteroatoms. The molecule has 0 aromatic heterocycles. The fourth-order valence-corrected chi connectivity index (χ4v) is 5.09. The van der Waals surface area contributed by atoms with E-state index in [4.69, 9.17) is 0 Å². The highest BCUT2D eigenvalue weighted by Crippen LogP contribution is 2.25. The Hall–Kier alpha value is -1.88. The van der Waals surface area contributed by atoms with Crippen LogP contribution in [0.2, 0.25) is 0 Å². The highest BCUT2D eigenvalue weighted by Gasteiger charge is 2.30. The van der Waals surface area contributed by atoms with E-state index in [1.165, 1.54) is 10.8 Å². The zero-order valence-corrected chi connectivity index (χ0v) is 14.5. The quantitative estimate of drug-likeness (QED) is 0.875. The third kappa shape index (κ3) is 4.15. The molecule has 0 unspecified atom stereocenters. The van der Waals surface area contributed by atoms with Crippen LogP contribution in [0.1, 0.15) is 31.2 Å². The summed E-state index contributed by atoms with van der Waals surface area (Å²) in [6.07, 6.45) is 4.00. The van der Waals surface area contributed by atoms with Gasteiger partial charge in [-0.1, -0.05) is 55.3 Å². The fraction of sp³-hybridized carbons (Fsp3) is 0.421. The minimum absolute atomic E-state index is 0.316. The second-order valence-electron chi connectivity index (χ2n) is 6.50. The van der Waals surface area contributed by atoms with E-state index in [1.54, 1.807) is 0 Å². The van der Waals surface area contributed by atoms with Gasteiger partial charge in [0.2, 0.25) is 5.91 Å². The van der Waals surface area contributed by atoms with Crippen molar-refractivity contribution in [3.8, 4) is 0 Å². The molecule has 128 valence electrons. The monoisotopic (exact) mass is 345 g/mol. The Kier molecular flexibility index (Phi) is 5.19. The van der Waals surface area contributed by atoms with Crippen LogP contribution in [0.4, 0.5) is 0 Å². The minimum Gasteiger partial charge on any atom is -0.355 e. The molecule has 1 saturated carbocycles. The lowest BCUT2D eigenvalue weighted by molar-refractivity contribution is -0.118. The molecule has 0 heterocycles. The summed E-state index contributed by atoms with van der Waals surface area (Å²) in [5.74, 6) is -0.766. The molecule has 1 N–H and O–H groups in total. The van der Waals surface area contributed by atoms with Crippen molar-refractivity contribution < 1.29 is 13.2 Å². The van der Waals surface area contributed by atoms with Crippen LogP contribution in [-0.4, -0.2) is 31.9 Å². The van der Waals surface area contributed by atoms with Gasteiger partial charge in [0.05, 0.1) is 5.25 Å². The van der Waals surface area contributed by atoms with Crippen molar-refractivity contribution in [1.29, 1.82) is 0 Å². The summed E-state index contributed by atoms with van der Waals surface area (Å²) >= 11 is 0. The van der Waals surface area contributed by atoms with E-state index in [-0.39, 0.29) is 16.9 Å². The van der Waals surface area contributed by atoms with Crippen LogP contribution in [-0.2, 0) is 21.1 Å². The van der Waals surface area contributed by atoms with Crippen LogP contribution < -0.4 is 5.32 Å². The van der Waals surface area contributed by atoms with E-state index in [1.807, 2.05) is 18.2 Å². The number of benzene rings is 2. The zero-order chi connectivity index (χ0) is 17.0. The maximum Gasteiger partial charge on any atom is 0.235 e. The van der Waals surface area contributed by atoms with Crippen molar-refractivity contribution >= 4 is 26.5 Å². The van der Waals surface area contributed by atoms with Gasteiger partial charge in [-0.15, -0.1) is 0 Å². The third-order valence-corrected chi connectivity index (χ3v) is 6.84. The highest BCUT2D eigenvalue weighted by molar-refractivity contribution is 7.92. The second-order valence-corrected chi connectivity index (χ2v) is 8.78. The van der Waals surface area contributed by atoms with Crippen molar-refractivity contribution in [2.45, 2.75) is 37.4 Å². The van der Waals surface area contributed by atoms with Gasteiger partial charge in [0.1, 0.15) is 5.75 Å². The lowest BCUT2D eigenvalue weighted by Crippen LogP contribution is -2.35. The van der Waals surface area contributed by atoms with Crippen molar-refractivity contribution in [2.75, 3.05) is 12.3 Å². The number of amides is 1. The predicted octanol–water partition coefficient (Wildman–Crippen LogP) is 2.86. The van der Waals surface area contributed by atoms with E-state index in [2.05, 4.69) is 29.6 Å². The summed E-state index contributed by atoms with van der Waals surface area (Å²) in [5, 5.41) is 4.78. The Labute approximate surface area is 143 Å². The first-order valence-corrected chi connectivity index (χ1v) is 10.2. The Morgan fingerprint density at radius 1 is 1.04 bits per heavy atom. The number of carbonyl (C=O) groups excluding carboxylic acids is 1. The number of hydrogen-bond donors (Lipinski definition) is 1. The molecule has 1 fully saturated rings. The van der Waals surface area contributed by atoms with Crippen molar-refractivity contribution in [2.24, 2.45) is 0 Å². The summed E-state index contributed by atoms with van der Waals surface area (Å²) in [7, 11) is -3.30. The number of carbonyl (C=O) groups is 1. The largest absolute Gasteiger partial charge is 0.355 e. The summed E-state index contributed by atoms with van der Waals surface area (Å²) in [6.45, 7) is 0.456. The first kappa shape index (κ1) is 17.0. The minimum atomic E-state index is -3.30. The Morgan fingerprint density at radius 3 is 2.50 bits per heavy atom. The van der Waals surface area contributed by atoms with Crippen LogP contribution in [0.15, 0.2) is 42.5 Å². The summed E-state index contributed by atoms with van der Waals surface area (Å²) in [4.78, 5) is 11.9. The van der Waals surface area contributed by atoms with Gasteiger partial charge in [0.25, 0.3) is 0 Å². The van der Waals surface area contributed by atoms with Crippen LogP contribution >= 0.6 is 0 Å². The third-order valence-electron chi connectivity index (χ3n) is 4.69. The number of hydrogen-bond acceptors (Lipinski definition) is 3. The smallest absolute Gasteiger partial charge is 0.235 e. The van der Waals surface area contributed by atoms with Gasteiger partial charge in [-0.05, 0) is 35.6 Å². The van der Waals surface area contributed by atoms with Gasteiger partial charge in [-0.3, -0.25) is 4.79 Å². The van der Waals surface area contributed by atoms with E-state index in [0.717, 1.165) is 18.4 Å². The number of rotatable bonds is 6. The van der Waals surface area contributed by atoms with Crippen molar-refractivity contribution in [3.05, 3.63) is 48.0 Å². The molecule has 0 spiro atoms. The van der Waals surface area contributed by atoms with E-state index < -0.39 is 9.84 Å². The van der Waals surface area contributed by atoms with Gasteiger partial charge in [-0.25, -0.2) is 8.42 Å². The summed E-state index contributed by atoms with van der Waals surface area (Å²) in [5.41, 5.74) is 1.13. The van der Waals surface area contributed by atoms with Crippen LogP contribution in [0.25, 0.3) is 10.8 Å². The molecular weight excluding hydrogens is 322 g/mol. The Morgan fingerprint density at radius 2 is 1.75 bits per heavy atom. The fourth-order valence-electron chi connectivity index (χ4n) is 3.34. The molecule has 4 nitrogen and oxygen atoms in total. The standard InChI is InChI=1S/C19H23NO3S/c21-19(14-24(22,23)18-7-3-4-8-18)20-12-11-15-9-10-16-5-1-2-6-17(16)13-15/h1-2,5-6,9-10,13,18H,3-4,7-8,11-12,14H2,(H,20,21). The molecule has 0 bridgehead atoms. The topological polar surface area (TPSA) is 63.2 Å². The van der Waals surface area contributed by atoms with E-state index in [9.17, 15) is 13.2 Å². The molecule has 1 aliphatic carbocycles. The van der Waals surface area contributed by atoms with Gasteiger partial charge in [-0.2, -0.15) is 0 Å². The van der Waals surface area contributed by atoms with Gasteiger partial charge >= 0.3 is 0 Å². The Bertz CT molecular complexity index is 823. The van der Waals surface area contributed by atoms with Gasteiger partial charge < -0.3 is 5.32 Å². The van der Waals surface area contributed by atoms with Crippen LogP contribution in [0.3, 0.4) is 0 Å². The molecule has 1 aliphatic rings. The number of sulfone groups is 1. The molecule has 24 heavy (non-hydrogen) atoms. The molecular formula is C19H23NO3S. The first-order chi connectivity index (χ1) is 11.5. The van der Waals surface area contributed by atoms with Gasteiger partial charge in [0.15, 0.2) is 9.84 Å². The molecule has 0 saturated heterocycles. The lowest BCUT2D eigenvalue weighted by atomic mass is 10.1. The van der Waals surface area contributed by atoms with Gasteiger partial charge in [0, 0.05) is 6.54 Å².